The van der Waals surface area contributed by atoms with Crippen molar-refractivity contribution in [2.24, 2.45) is 11.7 Å². The summed E-state index contributed by atoms with van der Waals surface area (Å²) < 4.78 is 40.4. The van der Waals surface area contributed by atoms with Crippen LogP contribution in [0.25, 0.3) is 0 Å². The lowest BCUT2D eigenvalue weighted by molar-refractivity contribution is -0.146. The lowest BCUT2D eigenvalue weighted by Crippen LogP contribution is -2.28. The van der Waals surface area contributed by atoms with Gasteiger partial charge in [-0.05, 0) is 31.6 Å². The van der Waals surface area contributed by atoms with Crippen molar-refractivity contribution in [1.29, 1.82) is 0 Å². The molecule has 1 saturated carbocycles. The first-order chi connectivity index (χ1) is 6.97. The smallest absolute Gasteiger partial charge is 0.381 e. The standard InChI is InChI=1S/C10H18F3NO/c11-10(12,13)5-6-15-7-8-1-3-9(14)4-2-8/h8-9H,1-7,14H2. The van der Waals surface area contributed by atoms with Gasteiger partial charge in [0, 0.05) is 12.6 Å². The highest BCUT2D eigenvalue weighted by Gasteiger charge is 2.26. The summed E-state index contributed by atoms with van der Waals surface area (Å²) >= 11 is 0. The summed E-state index contributed by atoms with van der Waals surface area (Å²) in [7, 11) is 0. The summed E-state index contributed by atoms with van der Waals surface area (Å²) in [4.78, 5) is 0. The van der Waals surface area contributed by atoms with Gasteiger partial charge in [0.2, 0.25) is 0 Å². The summed E-state index contributed by atoms with van der Waals surface area (Å²) in [5.74, 6) is 0.401. The maximum Gasteiger partial charge on any atom is 0.391 e. The Balaban J connectivity index is 2.01. The molecule has 1 aliphatic carbocycles. The molecule has 1 aliphatic rings. The van der Waals surface area contributed by atoms with Crippen LogP contribution in [-0.2, 0) is 4.74 Å². The highest BCUT2D eigenvalue weighted by atomic mass is 19.4. The Hall–Kier alpha value is -0.290. The Labute approximate surface area is 88.0 Å². The van der Waals surface area contributed by atoms with E-state index in [0.717, 1.165) is 25.7 Å². The maximum absolute atomic E-state index is 11.8. The van der Waals surface area contributed by atoms with Crippen molar-refractivity contribution in [2.45, 2.75) is 44.3 Å². The SMILES string of the molecule is NC1CCC(COCCC(F)(F)F)CC1. The van der Waals surface area contributed by atoms with Crippen molar-refractivity contribution in [3.05, 3.63) is 0 Å². The molecule has 1 fully saturated rings. The molecule has 0 amide bonds. The van der Waals surface area contributed by atoms with Gasteiger partial charge in [-0.2, -0.15) is 13.2 Å². The van der Waals surface area contributed by atoms with Crippen LogP contribution in [0.1, 0.15) is 32.1 Å². The third-order valence-electron chi connectivity index (χ3n) is 2.77. The Morgan fingerprint density at radius 1 is 1.13 bits per heavy atom. The van der Waals surface area contributed by atoms with E-state index < -0.39 is 12.6 Å². The van der Waals surface area contributed by atoms with Crippen molar-refractivity contribution in [3.8, 4) is 0 Å². The van der Waals surface area contributed by atoms with E-state index in [-0.39, 0.29) is 12.6 Å². The van der Waals surface area contributed by atoms with Gasteiger partial charge in [0.15, 0.2) is 0 Å². The average Bonchev–Trinajstić information content (AvgIpc) is 2.14. The average molecular weight is 225 g/mol. The highest BCUT2D eigenvalue weighted by Crippen LogP contribution is 2.24. The normalized spacial score (nSPS) is 28.0. The molecule has 0 bridgehead atoms. The van der Waals surface area contributed by atoms with Crippen LogP contribution in [0.3, 0.4) is 0 Å². The van der Waals surface area contributed by atoms with Crippen molar-refractivity contribution >= 4 is 0 Å². The summed E-state index contributed by atoms with van der Waals surface area (Å²) in [6.45, 7) is 0.231. The topological polar surface area (TPSA) is 35.2 Å². The molecule has 0 unspecified atom stereocenters. The van der Waals surface area contributed by atoms with Crippen molar-refractivity contribution in [1.82, 2.24) is 0 Å². The second-order valence-electron chi connectivity index (χ2n) is 4.22. The molecule has 0 aromatic rings. The minimum atomic E-state index is -4.10. The number of ether oxygens (including phenoxy) is 1. The Morgan fingerprint density at radius 3 is 2.27 bits per heavy atom. The fourth-order valence-electron chi connectivity index (χ4n) is 1.79. The second-order valence-corrected chi connectivity index (χ2v) is 4.22. The predicted molar refractivity (Wildman–Crippen MR) is 51.4 cm³/mol. The van der Waals surface area contributed by atoms with Crippen LogP contribution in [0.15, 0.2) is 0 Å². The minimum Gasteiger partial charge on any atom is -0.381 e. The molecular weight excluding hydrogens is 207 g/mol. The molecule has 1 rings (SSSR count). The molecule has 0 aromatic heterocycles. The number of nitrogens with two attached hydrogens (primary N) is 1. The summed E-state index contributed by atoms with van der Waals surface area (Å²) in [5.41, 5.74) is 5.72. The zero-order valence-electron chi connectivity index (χ0n) is 8.72. The fourth-order valence-corrected chi connectivity index (χ4v) is 1.79. The molecule has 0 aromatic carbocycles. The number of hydrogen-bond donors (Lipinski definition) is 1. The first kappa shape index (κ1) is 12.8. The zero-order chi connectivity index (χ0) is 11.3. The number of halogens is 3. The zero-order valence-corrected chi connectivity index (χ0v) is 8.72. The lowest BCUT2D eigenvalue weighted by Gasteiger charge is -2.25. The first-order valence-electron chi connectivity index (χ1n) is 5.37. The van der Waals surface area contributed by atoms with Crippen molar-refractivity contribution in [3.63, 3.8) is 0 Å². The predicted octanol–water partition coefficient (Wildman–Crippen LogP) is 2.47. The third-order valence-corrected chi connectivity index (χ3v) is 2.77. The van der Waals surface area contributed by atoms with Gasteiger partial charge in [0.1, 0.15) is 0 Å². The summed E-state index contributed by atoms with van der Waals surface area (Å²) in [6.07, 6.45) is -1.06. The molecule has 2 N–H and O–H groups in total. The summed E-state index contributed by atoms with van der Waals surface area (Å²) in [5, 5.41) is 0. The molecule has 0 radical (unpaired) electrons. The van der Waals surface area contributed by atoms with Gasteiger partial charge < -0.3 is 10.5 Å². The largest absolute Gasteiger partial charge is 0.391 e. The van der Waals surface area contributed by atoms with Crippen LogP contribution in [0.2, 0.25) is 0 Å². The molecule has 0 atom stereocenters. The van der Waals surface area contributed by atoms with E-state index in [1.54, 1.807) is 0 Å². The second kappa shape index (κ2) is 5.70. The van der Waals surface area contributed by atoms with Gasteiger partial charge >= 0.3 is 6.18 Å². The van der Waals surface area contributed by atoms with E-state index in [4.69, 9.17) is 10.5 Å². The molecule has 0 aliphatic heterocycles. The van der Waals surface area contributed by atoms with Gasteiger partial charge in [-0.1, -0.05) is 0 Å². The van der Waals surface area contributed by atoms with Crippen molar-refractivity contribution < 1.29 is 17.9 Å². The number of alkyl halides is 3. The van der Waals surface area contributed by atoms with Crippen LogP contribution in [-0.4, -0.2) is 25.4 Å². The molecule has 0 saturated heterocycles. The van der Waals surface area contributed by atoms with Gasteiger partial charge in [-0.15, -0.1) is 0 Å². The molecule has 90 valence electrons. The van der Waals surface area contributed by atoms with E-state index in [0.29, 0.717) is 12.5 Å². The molecule has 5 heteroatoms. The maximum atomic E-state index is 11.8. The van der Waals surface area contributed by atoms with Gasteiger partial charge in [0.05, 0.1) is 13.0 Å². The Kier molecular flexibility index (Phi) is 4.86. The number of rotatable bonds is 4. The van der Waals surface area contributed by atoms with Gasteiger partial charge in [0.25, 0.3) is 0 Å². The monoisotopic (exact) mass is 225 g/mol. The third kappa shape index (κ3) is 5.99. The van der Waals surface area contributed by atoms with Crippen LogP contribution >= 0.6 is 0 Å². The lowest BCUT2D eigenvalue weighted by atomic mass is 9.87. The highest BCUT2D eigenvalue weighted by molar-refractivity contribution is 4.73. The van der Waals surface area contributed by atoms with Crippen LogP contribution in [0.5, 0.6) is 0 Å². The van der Waals surface area contributed by atoms with E-state index in [1.807, 2.05) is 0 Å². The van der Waals surface area contributed by atoms with Gasteiger partial charge in [-0.3, -0.25) is 0 Å². The molecule has 2 nitrogen and oxygen atoms in total. The van der Waals surface area contributed by atoms with Crippen LogP contribution < -0.4 is 5.73 Å². The van der Waals surface area contributed by atoms with Crippen LogP contribution in [0, 0.1) is 5.92 Å². The minimum absolute atomic E-state index is 0.216. The van der Waals surface area contributed by atoms with Crippen molar-refractivity contribution in [2.75, 3.05) is 13.2 Å². The Morgan fingerprint density at radius 2 is 1.73 bits per heavy atom. The van der Waals surface area contributed by atoms with E-state index in [9.17, 15) is 13.2 Å². The van der Waals surface area contributed by atoms with E-state index in [2.05, 4.69) is 0 Å². The molecule has 15 heavy (non-hydrogen) atoms. The van der Waals surface area contributed by atoms with E-state index >= 15 is 0 Å². The quantitative estimate of drug-likeness (QED) is 0.746. The molecular formula is C10H18F3NO. The summed E-state index contributed by atoms with van der Waals surface area (Å²) in [6, 6.07) is 0.274. The fraction of sp³-hybridized carbons (Fsp3) is 1.00. The Bertz CT molecular complexity index is 176. The molecule has 0 heterocycles. The number of hydrogen-bond acceptors (Lipinski definition) is 2. The molecule has 0 spiro atoms. The van der Waals surface area contributed by atoms with Crippen LogP contribution in [0.4, 0.5) is 13.2 Å². The van der Waals surface area contributed by atoms with E-state index in [1.165, 1.54) is 0 Å². The van der Waals surface area contributed by atoms with Gasteiger partial charge in [-0.25, -0.2) is 0 Å². The first-order valence-corrected chi connectivity index (χ1v) is 5.37.